The number of amides is 1. The number of esters is 1. The second kappa shape index (κ2) is 9.23. The van der Waals surface area contributed by atoms with Crippen molar-refractivity contribution in [3.63, 3.8) is 0 Å². The van der Waals surface area contributed by atoms with Gasteiger partial charge in [0.05, 0.1) is 0 Å². The molecular formula is C21H21NO3. The molecule has 0 spiro atoms. The van der Waals surface area contributed by atoms with Crippen molar-refractivity contribution in [2.24, 2.45) is 0 Å². The minimum atomic E-state index is -1.02. The molecule has 1 N–H and O–H groups in total. The maximum atomic E-state index is 12.6. The van der Waals surface area contributed by atoms with Gasteiger partial charge in [-0.15, -0.1) is 0 Å². The van der Waals surface area contributed by atoms with E-state index in [4.69, 9.17) is 4.74 Å². The summed E-state index contributed by atoms with van der Waals surface area (Å²) in [5.41, 5.74) is 2.36. The SMILES string of the molecule is C/C=C/C=C/C(=O)OC(C(=O)Nc1ccc(C)cc1)c1ccccc1. The average Bonchev–Trinajstić information content (AvgIpc) is 2.62. The summed E-state index contributed by atoms with van der Waals surface area (Å²) in [5.74, 6) is -0.978. The number of anilines is 1. The Balaban J connectivity index is 2.17. The molecule has 0 aromatic heterocycles. The third-order valence-electron chi connectivity index (χ3n) is 3.43. The standard InChI is InChI=1S/C21H21NO3/c1-3-4-6-11-19(23)25-20(17-9-7-5-8-10-17)21(24)22-18-14-12-16(2)13-15-18/h3-15,20H,1-2H3,(H,22,24)/b4-3+,11-6+. The van der Waals surface area contributed by atoms with Gasteiger partial charge in [0.1, 0.15) is 0 Å². The van der Waals surface area contributed by atoms with E-state index in [1.165, 1.54) is 6.08 Å². The van der Waals surface area contributed by atoms with Crippen molar-refractivity contribution in [3.05, 3.63) is 90.0 Å². The molecule has 128 valence electrons. The highest BCUT2D eigenvalue weighted by molar-refractivity contribution is 5.96. The summed E-state index contributed by atoms with van der Waals surface area (Å²) in [5, 5.41) is 2.79. The zero-order valence-electron chi connectivity index (χ0n) is 14.3. The minimum absolute atomic E-state index is 0.400. The van der Waals surface area contributed by atoms with E-state index in [0.29, 0.717) is 11.3 Å². The number of nitrogens with one attached hydrogen (secondary N) is 1. The monoisotopic (exact) mass is 335 g/mol. The van der Waals surface area contributed by atoms with Gasteiger partial charge in [-0.1, -0.05) is 66.3 Å². The molecule has 1 atom stereocenters. The fourth-order valence-electron chi connectivity index (χ4n) is 2.15. The van der Waals surface area contributed by atoms with Crippen molar-refractivity contribution in [1.82, 2.24) is 0 Å². The molecule has 4 nitrogen and oxygen atoms in total. The Morgan fingerprint density at radius 2 is 1.68 bits per heavy atom. The number of allylic oxidation sites excluding steroid dienone is 3. The molecule has 0 aliphatic rings. The first-order chi connectivity index (χ1) is 12.1. The number of ether oxygens (including phenoxy) is 1. The molecule has 0 bridgehead atoms. The maximum Gasteiger partial charge on any atom is 0.331 e. The molecule has 1 amide bonds. The van der Waals surface area contributed by atoms with Gasteiger partial charge in [0.15, 0.2) is 0 Å². The van der Waals surface area contributed by atoms with Crippen LogP contribution in [0.2, 0.25) is 0 Å². The quantitative estimate of drug-likeness (QED) is 0.485. The Bertz CT molecular complexity index is 761. The summed E-state index contributed by atoms with van der Waals surface area (Å²) in [6, 6.07) is 16.4. The molecule has 0 radical (unpaired) electrons. The van der Waals surface area contributed by atoms with Gasteiger partial charge in [0.25, 0.3) is 5.91 Å². The van der Waals surface area contributed by atoms with Gasteiger partial charge >= 0.3 is 5.97 Å². The predicted molar refractivity (Wildman–Crippen MR) is 99.0 cm³/mol. The molecule has 0 aliphatic carbocycles. The topological polar surface area (TPSA) is 55.4 Å². The number of benzene rings is 2. The number of carbonyl (C=O) groups excluding carboxylic acids is 2. The number of rotatable bonds is 6. The highest BCUT2D eigenvalue weighted by atomic mass is 16.5. The minimum Gasteiger partial charge on any atom is -0.444 e. The van der Waals surface area contributed by atoms with E-state index in [1.54, 1.807) is 42.5 Å². The number of hydrogen-bond acceptors (Lipinski definition) is 3. The molecular weight excluding hydrogens is 314 g/mol. The van der Waals surface area contributed by atoms with Crippen LogP contribution in [-0.4, -0.2) is 11.9 Å². The maximum absolute atomic E-state index is 12.6. The van der Waals surface area contributed by atoms with E-state index in [-0.39, 0.29) is 0 Å². The van der Waals surface area contributed by atoms with E-state index < -0.39 is 18.0 Å². The second-order valence-electron chi connectivity index (χ2n) is 5.47. The van der Waals surface area contributed by atoms with Crippen LogP contribution in [0, 0.1) is 6.92 Å². The van der Waals surface area contributed by atoms with Crippen molar-refractivity contribution in [2.75, 3.05) is 5.32 Å². The van der Waals surface area contributed by atoms with E-state index in [1.807, 2.05) is 44.2 Å². The fourth-order valence-corrected chi connectivity index (χ4v) is 2.15. The highest BCUT2D eigenvalue weighted by Crippen LogP contribution is 2.20. The third-order valence-corrected chi connectivity index (χ3v) is 3.43. The first-order valence-electron chi connectivity index (χ1n) is 8.02. The van der Waals surface area contributed by atoms with Crippen molar-refractivity contribution in [3.8, 4) is 0 Å². The van der Waals surface area contributed by atoms with Crippen LogP contribution in [0.1, 0.15) is 24.2 Å². The third kappa shape index (κ3) is 5.77. The Morgan fingerprint density at radius 3 is 2.32 bits per heavy atom. The van der Waals surface area contributed by atoms with Crippen LogP contribution < -0.4 is 5.32 Å². The summed E-state index contributed by atoms with van der Waals surface area (Å²) in [4.78, 5) is 24.6. The Morgan fingerprint density at radius 1 is 1.00 bits per heavy atom. The molecule has 1 unspecified atom stereocenters. The molecule has 2 aromatic carbocycles. The van der Waals surface area contributed by atoms with Crippen LogP contribution in [0.3, 0.4) is 0 Å². The van der Waals surface area contributed by atoms with Crippen LogP contribution >= 0.6 is 0 Å². The Hall–Kier alpha value is -3.14. The van der Waals surface area contributed by atoms with Crippen molar-refractivity contribution in [1.29, 1.82) is 0 Å². The summed E-state index contributed by atoms with van der Waals surface area (Å²) >= 11 is 0. The zero-order valence-corrected chi connectivity index (χ0v) is 14.3. The average molecular weight is 335 g/mol. The second-order valence-corrected chi connectivity index (χ2v) is 5.47. The van der Waals surface area contributed by atoms with Crippen LogP contribution in [0.4, 0.5) is 5.69 Å². The molecule has 0 saturated heterocycles. The molecule has 4 heteroatoms. The lowest BCUT2D eigenvalue weighted by atomic mass is 10.1. The Kier molecular flexibility index (Phi) is 6.72. The van der Waals surface area contributed by atoms with E-state index in [0.717, 1.165) is 5.56 Å². The molecule has 0 heterocycles. The summed E-state index contributed by atoms with van der Waals surface area (Å²) in [6.07, 6.45) is 5.34. The van der Waals surface area contributed by atoms with Crippen molar-refractivity contribution in [2.45, 2.75) is 20.0 Å². The van der Waals surface area contributed by atoms with Gasteiger partial charge in [-0.05, 0) is 26.0 Å². The lowest BCUT2D eigenvalue weighted by Crippen LogP contribution is -2.25. The lowest BCUT2D eigenvalue weighted by molar-refractivity contribution is -0.149. The van der Waals surface area contributed by atoms with Crippen molar-refractivity contribution >= 4 is 17.6 Å². The van der Waals surface area contributed by atoms with Gasteiger partial charge in [-0.3, -0.25) is 4.79 Å². The molecule has 0 fully saturated rings. The van der Waals surface area contributed by atoms with E-state index in [9.17, 15) is 9.59 Å². The first kappa shape index (κ1) is 18.2. The molecule has 2 rings (SSSR count). The summed E-state index contributed by atoms with van der Waals surface area (Å²) < 4.78 is 5.37. The van der Waals surface area contributed by atoms with Crippen LogP contribution in [0.15, 0.2) is 78.9 Å². The van der Waals surface area contributed by atoms with Gasteiger partial charge in [0.2, 0.25) is 6.10 Å². The first-order valence-corrected chi connectivity index (χ1v) is 8.02. The van der Waals surface area contributed by atoms with Gasteiger partial charge < -0.3 is 10.1 Å². The van der Waals surface area contributed by atoms with Crippen LogP contribution in [0.5, 0.6) is 0 Å². The van der Waals surface area contributed by atoms with Gasteiger partial charge in [-0.2, -0.15) is 0 Å². The van der Waals surface area contributed by atoms with Crippen LogP contribution in [-0.2, 0) is 14.3 Å². The van der Waals surface area contributed by atoms with Gasteiger partial charge in [-0.25, -0.2) is 4.79 Å². The molecule has 0 aliphatic heterocycles. The molecule has 25 heavy (non-hydrogen) atoms. The lowest BCUT2D eigenvalue weighted by Gasteiger charge is -2.17. The largest absolute Gasteiger partial charge is 0.444 e. The fraction of sp³-hybridized carbons (Fsp3) is 0.143. The number of carbonyl (C=O) groups is 2. The van der Waals surface area contributed by atoms with E-state index in [2.05, 4.69) is 5.32 Å². The smallest absolute Gasteiger partial charge is 0.331 e. The summed E-state index contributed by atoms with van der Waals surface area (Å²) in [6.45, 7) is 3.81. The Labute approximate surface area is 147 Å². The van der Waals surface area contributed by atoms with Gasteiger partial charge in [0, 0.05) is 17.3 Å². The zero-order chi connectivity index (χ0) is 18.1. The van der Waals surface area contributed by atoms with Crippen molar-refractivity contribution < 1.29 is 14.3 Å². The molecule has 2 aromatic rings. The number of aryl methyl sites for hydroxylation is 1. The summed E-state index contributed by atoms with van der Waals surface area (Å²) in [7, 11) is 0. The normalized spacial score (nSPS) is 12.2. The highest BCUT2D eigenvalue weighted by Gasteiger charge is 2.24. The van der Waals surface area contributed by atoms with Crippen LogP contribution in [0.25, 0.3) is 0 Å². The number of hydrogen-bond donors (Lipinski definition) is 1. The predicted octanol–water partition coefficient (Wildman–Crippen LogP) is 4.35. The van der Waals surface area contributed by atoms with E-state index >= 15 is 0 Å². The molecule has 0 saturated carbocycles.